The summed E-state index contributed by atoms with van der Waals surface area (Å²) in [5, 5.41) is 8.83. The summed E-state index contributed by atoms with van der Waals surface area (Å²) in [6, 6.07) is 49.5. The van der Waals surface area contributed by atoms with Crippen molar-refractivity contribution in [3.8, 4) is 39.1 Å². The van der Waals surface area contributed by atoms with Gasteiger partial charge < -0.3 is 14.3 Å². The first-order valence-electron chi connectivity index (χ1n) is 27.3. The number of benzene rings is 8. The van der Waals surface area contributed by atoms with Gasteiger partial charge in [-0.15, -0.1) is 0 Å². The van der Waals surface area contributed by atoms with E-state index in [0.29, 0.717) is 0 Å². The molecule has 74 heavy (non-hydrogen) atoms. The molecule has 0 amide bonds. The number of para-hydroxylation sites is 1. The van der Waals surface area contributed by atoms with E-state index in [1.165, 1.54) is 129 Å². The van der Waals surface area contributed by atoms with E-state index >= 15 is 0 Å². The summed E-state index contributed by atoms with van der Waals surface area (Å²) in [4.78, 5) is 0. The molecule has 0 spiro atoms. The second kappa shape index (κ2) is 14.5. The SMILES string of the molecule is CC(C)(C)c1ccc(Nc2cc3c(cc2-c2c4c5c(c6cc(C(C)(C)C)ccc6n5-c5cc6c(cc5[B]4)C(C)(C)c4ccccc4-6)c4oc5ccccc5c24)-c2cc4c(cc2C3(C)C)C(C)(C)CCC4(C)C)cc1. The fraction of sp³-hybridized carbons (Fsp3) is 0.314. The molecule has 0 bridgehead atoms. The van der Waals surface area contributed by atoms with Crippen LogP contribution in [-0.4, -0.2) is 11.8 Å². The number of hydrogen-bond donors (Lipinski definition) is 1. The minimum Gasteiger partial charge on any atom is -0.455 e. The normalized spacial score (nSPS) is 17.2. The summed E-state index contributed by atoms with van der Waals surface area (Å²) < 4.78 is 9.98. The first kappa shape index (κ1) is 45.8. The predicted molar refractivity (Wildman–Crippen MR) is 316 cm³/mol. The third-order valence-corrected chi connectivity index (χ3v) is 18.8. The number of aromatic nitrogens is 1. The molecule has 0 saturated heterocycles. The number of nitrogens with one attached hydrogen (secondary N) is 1. The van der Waals surface area contributed by atoms with Crippen LogP contribution in [0.2, 0.25) is 0 Å². The number of anilines is 2. The van der Waals surface area contributed by atoms with Crippen molar-refractivity contribution in [3.63, 3.8) is 0 Å². The summed E-state index contributed by atoms with van der Waals surface area (Å²) in [7, 11) is 2.55. The Morgan fingerprint density at radius 2 is 1.12 bits per heavy atom. The van der Waals surface area contributed by atoms with Crippen LogP contribution < -0.4 is 16.2 Å². The van der Waals surface area contributed by atoms with Gasteiger partial charge in [-0.2, -0.15) is 0 Å². The zero-order valence-electron chi connectivity index (χ0n) is 46.0. The van der Waals surface area contributed by atoms with E-state index in [-0.39, 0.29) is 32.5 Å². The fourth-order valence-electron chi connectivity index (χ4n) is 14.2. The summed E-state index contributed by atoms with van der Waals surface area (Å²) in [6.45, 7) is 33.4. The van der Waals surface area contributed by atoms with E-state index in [1.807, 2.05) is 0 Å². The van der Waals surface area contributed by atoms with Crippen molar-refractivity contribution in [1.82, 2.24) is 4.57 Å². The van der Waals surface area contributed by atoms with Gasteiger partial charge in [0.1, 0.15) is 11.2 Å². The average molecular weight is 964 g/mol. The molecular formula is C70H68BN2O. The number of hydrogen-bond acceptors (Lipinski definition) is 2. The third-order valence-electron chi connectivity index (χ3n) is 18.8. The standard InChI is InChI=1S/C70H68BN2O/c1-65(2,3)38-23-26-40(27-24-38)72-55-37-51-43(44-33-52-53(35-49(44)70(51,13)14)68(9,10)30-29-67(52,7)8)32-46(55)59-60-42-20-16-18-22-58(42)74-64(60)61-47-31-39(66(4,5)6)25-28-56(47)73-57-34-45-41-19-15-17-21-48(41)69(11,12)50(45)36-54(57)71-62(59)63(61)73/h15-28,31-37,72H,29-30H2,1-14H3. The van der Waals surface area contributed by atoms with Gasteiger partial charge in [0.25, 0.3) is 0 Å². The molecule has 0 fully saturated rings. The second-order valence-corrected chi connectivity index (χ2v) is 27.1. The van der Waals surface area contributed by atoms with Crippen LogP contribution in [0.1, 0.15) is 154 Å². The van der Waals surface area contributed by atoms with Crippen LogP contribution in [0.25, 0.3) is 82.8 Å². The molecule has 0 unspecified atom stereocenters. The number of nitrogens with zero attached hydrogens (tertiary/aromatic N) is 1. The van der Waals surface area contributed by atoms with E-state index in [4.69, 9.17) is 4.42 Å². The molecule has 14 rings (SSSR count). The predicted octanol–water partition coefficient (Wildman–Crippen LogP) is 17.6. The molecule has 367 valence electrons. The molecule has 3 nitrogen and oxygen atoms in total. The van der Waals surface area contributed by atoms with Gasteiger partial charge in [-0.3, -0.25) is 0 Å². The first-order valence-corrected chi connectivity index (χ1v) is 27.3. The smallest absolute Gasteiger partial charge is 0.197 e. The summed E-state index contributed by atoms with van der Waals surface area (Å²) in [5.41, 5.74) is 28.8. The van der Waals surface area contributed by atoms with E-state index in [0.717, 1.165) is 33.3 Å². The minimum absolute atomic E-state index is 0.0394. The molecule has 2 aromatic heterocycles. The van der Waals surface area contributed by atoms with E-state index in [2.05, 4.69) is 241 Å². The van der Waals surface area contributed by atoms with Gasteiger partial charge in [0, 0.05) is 49.6 Å². The Morgan fingerprint density at radius 3 is 1.85 bits per heavy atom. The lowest BCUT2D eigenvalue weighted by molar-refractivity contribution is 0.331. The van der Waals surface area contributed by atoms with Crippen molar-refractivity contribution in [2.45, 2.75) is 142 Å². The second-order valence-electron chi connectivity index (χ2n) is 27.1. The summed E-state index contributed by atoms with van der Waals surface area (Å²) >= 11 is 0. The van der Waals surface area contributed by atoms with E-state index < -0.39 is 0 Å². The van der Waals surface area contributed by atoms with Gasteiger partial charge in [0.05, 0.1) is 16.4 Å². The lowest BCUT2D eigenvalue weighted by atomic mass is 9.57. The van der Waals surface area contributed by atoms with Crippen LogP contribution in [0.4, 0.5) is 11.4 Å². The Labute approximate surface area is 438 Å². The molecule has 3 aliphatic carbocycles. The summed E-state index contributed by atoms with van der Waals surface area (Å²) in [6.07, 6.45) is 2.36. The van der Waals surface area contributed by atoms with Crippen LogP contribution >= 0.6 is 0 Å². The Morgan fingerprint density at radius 1 is 0.514 bits per heavy atom. The van der Waals surface area contributed by atoms with Gasteiger partial charge in [-0.25, -0.2) is 0 Å². The zero-order valence-corrected chi connectivity index (χ0v) is 46.0. The van der Waals surface area contributed by atoms with Crippen LogP contribution in [0.3, 0.4) is 0 Å². The van der Waals surface area contributed by atoms with Crippen LogP contribution in [0.15, 0.2) is 132 Å². The average Bonchev–Trinajstić information content (AvgIpc) is 4.09. The Bertz CT molecular complexity index is 4130. The third kappa shape index (κ3) is 6.15. The van der Waals surface area contributed by atoms with Crippen LogP contribution in [0.5, 0.6) is 0 Å². The molecule has 1 aliphatic heterocycles. The first-order chi connectivity index (χ1) is 34.9. The maximum Gasteiger partial charge on any atom is 0.197 e. The lowest BCUT2D eigenvalue weighted by Crippen LogP contribution is -2.38. The molecule has 4 heteroatoms. The topological polar surface area (TPSA) is 30.1 Å². The summed E-state index contributed by atoms with van der Waals surface area (Å²) in [5.74, 6) is 0. The Balaban J connectivity index is 1.14. The lowest BCUT2D eigenvalue weighted by Gasteiger charge is -2.42. The van der Waals surface area contributed by atoms with Crippen LogP contribution in [0, 0.1) is 0 Å². The monoisotopic (exact) mass is 964 g/mol. The Hall–Kier alpha value is -6.78. The van der Waals surface area contributed by atoms with E-state index in [1.54, 1.807) is 0 Å². The van der Waals surface area contributed by atoms with Crippen molar-refractivity contribution in [2.75, 3.05) is 5.32 Å². The van der Waals surface area contributed by atoms with Gasteiger partial charge in [0.2, 0.25) is 0 Å². The molecule has 3 heterocycles. The van der Waals surface area contributed by atoms with Gasteiger partial charge in [0.15, 0.2) is 7.28 Å². The molecule has 8 aromatic carbocycles. The highest BCUT2D eigenvalue weighted by molar-refractivity contribution is 6.74. The van der Waals surface area contributed by atoms with Gasteiger partial charge in [-0.05, 0) is 167 Å². The van der Waals surface area contributed by atoms with Crippen molar-refractivity contribution in [1.29, 1.82) is 0 Å². The molecule has 1 radical (unpaired) electrons. The highest BCUT2D eigenvalue weighted by Gasteiger charge is 2.44. The Kier molecular flexibility index (Phi) is 9.00. The van der Waals surface area contributed by atoms with Gasteiger partial charge >= 0.3 is 0 Å². The molecule has 10 aromatic rings. The minimum atomic E-state index is -0.231. The van der Waals surface area contributed by atoms with Crippen molar-refractivity contribution in [2.24, 2.45) is 0 Å². The quantitative estimate of drug-likeness (QED) is 0.179. The number of rotatable bonds is 3. The fourth-order valence-corrected chi connectivity index (χ4v) is 14.2. The van der Waals surface area contributed by atoms with E-state index in [9.17, 15) is 0 Å². The van der Waals surface area contributed by atoms with Crippen LogP contribution in [-0.2, 0) is 32.5 Å². The molecular weight excluding hydrogens is 896 g/mol. The molecule has 4 aliphatic rings. The maximum absolute atomic E-state index is 7.38. The van der Waals surface area contributed by atoms with Crippen molar-refractivity contribution < 1.29 is 4.42 Å². The van der Waals surface area contributed by atoms with Gasteiger partial charge in [-0.1, -0.05) is 175 Å². The van der Waals surface area contributed by atoms with Crippen molar-refractivity contribution >= 4 is 73.3 Å². The van der Waals surface area contributed by atoms with Crippen molar-refractivity contribution in [3.05, 3.63) is 172 Å². The zero-order chi connectivity index (χ0) is 51.6. The molecule has 0 atom stereocenters. The molecule has 0 saturated carbocycles. The largest absolute Gasteiger partial charge is 0.455 e. The highest BCUT2D eigenvalue weighted by atomic mass is 16.3. The number of furan rings is 1. The maximum atomic E-state index is 7.38. The number of fused-ring (bicyclic) bond motifs is 16. The highest BCUT2D eigenvalue weighted by Crippen LogP contribution is 2.58. The molecule has 1 N–H and O–H groups in total.